The Hall–Kier alpha value is -0.480. The molecule has 0 saturated carbocycles. The quantitative estimate of drug-likeness (QED) is 0.458. The van der Waals surface area contributed by atoms with Gasteiger partial charge in [-0.15, -0.1) is 0 Å². The zero-order valence-electron chi connectivity index (χ0n) is 6.85. The largest absolute Gasteiger partial charge is 0.293 e. The van der Waals surface area contributed by atoms with Crippen LogP contribution in [0, 0.1) is 20.7 Å². The molecule has 0 aliphatic heterocycles. The van der Waals surface area contributed by atoms with E-state index in [2.05, 4.69) is 15.9 Å². The van der Waals surface area contributed by atoms with Gasteiger partial charge in [0.2, 0.25) is 0 Å². The number of rotatable bonds is 2. The summed E-state index contributed by atoms with van der Waals surface area (Å²) in [6, 6.07) is 4.36. The van der Waals surface area contributed by atoms with E-state index >= 15 is 0 Å². The standard InChI is InChI=1S/C9H4BrFINO/c10-3-7(14)8-5(4-13)1-2-6(11)9(8)12/h1-2H,3H2. The van der Waals surface area contributed by atoms with Crippen molar-refractivity contribution < 1.29 is 9.18 Å². The highest BCUT2D eigenvalue weighted by atomic mass is 127. The van der Waals surface area contributed by atoms with E-state index in [1.807, 2.05) is 6.07 Å². The molecule has 0 saturated heterocycles. The molecule has 0 bridgehead atoms. The average molecular weight is 368 g/mol. The van der Waals surface area contributed by atoms with E-state index in [0.717, 1.165) is 0 Å². The first-order valence-corrected chi connectivity index (χ1v) is 5.79. The molecule has 14 heavy (non-hydrogen) atoms. The van der Waals surface area contributed by atoms with Crippen molar-refractivity contribution in [3.05, 3.63) is 32.6 Å². The van der Waals surface area contributed by atoms with Crippen LogP contribution in [-0.2, 0) is 0 Å². The van der Waals surface area contributed by atoms with Crippen molar-refractivity contribution in [2.45, 2.75) is 0 Å². The van der Waals surface area contributed by atoms with Crippen LogP contribution in [0.15, 0.2) is 12.1 Å². The topological polar surface area (TPSA) is 40.9 Å². The van der Waals surface area contributed by atoms with Crippen LogP contribution in [0.2, 0.25) is 0 Å². The number of benzene rings is 1. The van der Waals surface area contributed by atoms with Crippen LogP contribution in [0.1, 0.15) is 15.9 Å². The smallest absolute Gasteiger partial charge is 0.175 e. The Bertz CT molecular complexity index is 428. The van der Waals surface area contributed by atoms with Crippen LogP contribution in [0.25, 0.3) is 0 Å². The predicted octanol–water partition coefficient (Wildman–Crippen LogP) is 2.88. The minimum Gasteiger partial charge on any atom is -0.293 e. The molecule has 0 aliphatic carbocycles. The Balaban J connectivity index is 3.45. The van der Waals surface area contributed by atoms with Gasteiger partial charge in [0.05, 0.1) is 26.1 Å². The van der Waals surface area contributed by atoms with E-state index < -0.39 is 5.82 Å². The molecule has 0 unspecified atom stereocenters. The predicted molar refractivity (Wildman–Crippen MR) is 62.0 cm³/mol. The van der Waals surface area contributed by atoms with Gasteiger partial charge >= 0.3 is 0 Å². The second kappa shape index (κ2) is 4.84. The molecule has 0 radical (unpaired) electrons. The van der Waals surface area contributed by atoms with Crippen LogP contribution in [-0.4, -0.2) is 11.1 Å². The van der Waals surface area contributed by atoms with Crippen LogP contribution < -0.4 is 0 Å². The summed E-state index contributed by atoms with van der Waals surface area (Å²) in [6.07, 6.45) is 0. The number of halogens is 3. The third kappa shape index (κ3) is 2.12. The summed E-state index contributed by atoms with van der Waals surface area (Å²) in [5, 5.41) is 8.82. The molecule has 1 aromatic rings. The normalized spacial score (nSPS) is 9.57. The number of alkyl halides is 1. The van der Waals surface area contributed by atoms with Crippen molar-refractivity contribution in [2.75, 3.05) is 5.33 Å². The maximum atomic E-state index is 13.1. The first-order chi connectivity index (χ1) is 6.61. The van der Waals surface area contributed by atoms with E-state index in [1.54, 1.807) is 22.6 Å². The Morgan fingerprint density at radius 3 is 2.79 bits per heavy atom. The number of hydrogen-bond donors (Lipinski definition) is 0. The molecule has 0 aliphatic rings. The van der Waals surface area contributed by atoms with Crippen molar-refractivity contribution in [1.82, 2.24) is 0 Å². The van der Waals surface area contributed by atoms with Crippen LogP contribution >= 0.6 is 38.5 Å². The summed E-state index contributed by atoms with van der Waals surface area (Å²) in [5.41, 5.74) is 0.366. The molecule has 5 heteroatoms. The Labute approximate surface area is 102 Å². The third-order valence-corrected chi connectivity index (χ3v) is 3.18. The molecule has 2 nitrogen and oxygen atoms in total. The van der Waals surface area contributed by atoms with E-state index in [1.165, 1.54) is 12.1 Å². The summed E-state index contributed by atoms with van der Waals surface area (Å²) in [7, 11) is 0. The van der Waals surface area contributed by atoms with Crippen molar-refractivity contribution in [2.24, 2.45) is 0 Å². The summed E-state index contributed by atoms with van der Waals surface area (Å²) in [5.74, 6) is -0.764. The fraction of sp³-hybridized carbons (Fsp3) is 0.111. The van der Waals surface area contributed by atoms with Gasteiger partial charge in [-0.25, -0.2) is 4.39 Å². The third-order valence-electron chi connectivity index (χ3n) is 1.62. The SMILES string of the molecule is N#Cc1ccc(F)c(I)c1C(=O)CBr. The Morgan fingerprint density at radius 2 is 2.29 bits per heavy atom. The number of nitrogens with zero attached hydrogens (tertiary/aromatic N) is 1. The Morgan fingerprint density at radius 1 is 1.64 bits per heavy atom. The molecule has 0 amide bonds. The number of carbonyl (C=O) groups excluding carboxylic acids is 1. The molecule has 0 spiro atoms. The highest BCUT2D eigenvalue weighted by molar-refractivity contribution is 14.1. The van der Waals surface area contributed by atoms with Gasteiger partial charge in [-0.1, -0.05) is 15.9 Å². The van der Waals surface area contributed by atoms with E-state index in [-0.39, 0.29) is 25.8 Å². The molecule has 1 aromatic carbocycles. The zero-order valence-corrected chi connectivity index (χ0v) is 10.6. The molecule has 0 N–H and O–H groups in total. The molecule has 0 atom stereocenters. The molecule has 0 heterocycles. The number of carbonyl (C=O) groups is 1. The number of ketones is 1. The molecule has 1 rings (SSSR count). The number of nitriles is 1. The number of Topliss-reactive ketones (excluding diaryl/α,β-unsaturated/α-hetero) is 1. The summed E-state index contributed by atoms with van der Waals surface area (Å²) < 4.78 is 13.3. The zero-order chi connectivity index (χ0) is 10.7. The molecular weight excluding hydrogens is 364 g/mol. The van der Waals surface area contributed by atoms with Crippen molar-refractivity contribution in [3.63, 3.8) is 0 Å². The van der Waals surface area contributed by atoms with Gasteiger partial charge in [0.15, 0.2) is 5.78 Å². The van der Waals surface area contributed by atoms with Crippen molar-refractivity contribution in [3.8, 4) is 6.07 Å². The second-order valence-electron chi connectivity index (χ2n) is 2.45. The molecule has 0 fully saturated rings. The van der Waals surface area contributed by atoms with Gasteiger partial charge in [-0.05, 0) is 34.7 Å². The van der Waals surface area contributed by atoms with Gasteiger partial charge in [0.1, 0.15) is 5.82 Å². The van der Waals surface area contributed by atoms with Gasteiger partial charge < -0.3 is 0 Å². The van der Waals surface area contributed by atoms with Gasteiger partial charge in [-0.3, -0.25) is 4.79 Å². The van der Waals surface area contributed by atoms with Gasteiger partial charge in [0.25, 0.3) is 0 Å². The lowest BCUT2D eigenvalue weighted by molar-refractivity contribution is 0.102. The maximum Gasteiger partial charge on any atom is 0.175 e. The van der Waals surface area contributed by atoms with Crippen molar-refractivity contribution in [1.29, 1.82) is 5.26 Å². The van der Waals surface area contributed by atoms with Crippen LogP contribution in [0.5, 0.6) is 0 Å². The summed E-state index contributed by atoms with van der Waals surface area (Å²) in [4.78, 5) is 11.4. The lowest BCUT2D eigenvalue weighted by Gasteiger charge is -2.04. The van der Waals surface area contributed by atoms with Crippen LogP contribution in [0.4, 0.5) is 4.39 Å². The second-order valence-corrected chi connectivity index (χ2v) is 4.09. The monoisotopic (exact) mass is 367 g/mol. The lowest BCUT2D eigenvalue weighted by Crippen LogP contribution is -2.07. The van der Waals surface area contributed by atoms with Crippen molar-refractivity contribution >= 4 is 44.3 Å². The highest BCUT2D eigenvalue weighted by Crippen LogP contribution is 2.21. The minimum atomic E-state index is -0.478. The molecular formula is C9H4BrFINO. The lowest BCUT2D eigenvalue weighted by atomic mass is 10.1. The fourth-order valence-corrected chi connectivity index (χ4v) is 2.03. The van der Waals surface area contributed by atoms with E-state index in [4.69, 9.17) is 5.26 Å². The van der Waals surface area contributed by atoms with E-state index in [0.29, 0.717) is 0 Å². The van der Waals surface area contributed by atoms with Crippen LogP contribution in [0.3, 0.4) is 0 Å². The number of hydrogen-bond acceptors (Lipinski definition) is 2. The van der Waals surface area contributed by atoms with Gasteiger partial charge in [0, 0.05) is 0 Å². The maximum absolute atomic E-state index is 13.1. The summed E-state index contributed by atoms with van der Waals surface area (Å²) in [6.45, 7) is 0. The first-order valence-electron chi connectivity index (χ1n) is 3.59. The van der Waals surface area contributed by atoms with Gasteiger partial charge in [-0.2, -0.15) is 5.26 Å². The average Bonchev–Trinajstić information content (AvgIpc) is 2.20. The summed E-state index contributed by atoms with van der Waals surface area (Å²) >= 11 is 4.71. The first kappa shape index (κ1) is 11.6. The highest BCUT2D eigenvalue weighted by Gasteiger charge is 2.17. The fourth-order valence-electron chi connectivity index (χ4n) is 0.983. The minimum absolute atomic E-state index is 0.0845. The Kier molecular flexibility index (Phi) is 4.01. The van der Waals surface area contributed by atoms with E-state index in [9.17, 15) is 9.18 Å². The molecule has 0 aromatic heterocycles. The molecule has 72 valence electrons.